The first-order valence-electron chi connectivity index (χ1n) is 7.84. The molecule has 0 aliphatic carbocycles. The number of aliphatic hydroxyl groups excluding tert-OH is 1. The second kappa shape index (κ2) is 7.87. The van der Waals surface area contributed by atoms with Gasteiger partial charge in [-0.15, -0.1) is 5.10 Å². The van der Waals surface area contributed by atoms with E-state index in [0.717, 1.165) is 28.9 Å². The van der Waals surface area contributed by atoms with Crippen LogP contribution in [0.2, 0.25) is 0 Å². The molecule has 2 rings (SSSR count). The van der Waals surface area contributed by atoms with Crippen molar-refractivity contribution in [2.24, 2.45) is 0 Å². The van der Waals surface area contributed by atoms with Crippen molar-refractivity contribution in [3.63, 3.8) is 0 Å². The molecule has 0 amide bonds. The molecular weight excluding hydrogens is 294 g/mol. The molecule has 1 atom stereocenters. The molecule has 124 valence electrons. The highest BCUT2D eigenvalue weighted by atomic mass is 16.4. The van der Waals surface area contributed by atoms with Gasteiger partial charge in [-0.3, -0.25) is 9.48 Å². The molecule has 1 unspecified atom stereocenters. The van der Waals surface area contributed by atoms with Gasteiger partial charge in [0.1, 0.15) is 0 Å². The minimum Gasteiger partial charge on any atom is -0.481 e. The van der Waals surface area contributed by atoms with Crippen LogP contribution in [-0.4, -0.2) is 31.2 Å². The molecule has 0 saturated carbocycles. The lowest BCUT2D eigenvalue weighted by Crippen LogP contribution is -2.09. The van der Waals surface area contributed by atoms with Gasteiger partial charge in [0.15, 0.2) is 0 Å². The quantitative estimate of drug-likeness (QED) is 0.780. The summed E-state index contributed by atoms with van der Waals surface area (Å²) in [6, 6.07) is 5.79. The normalized spacial score (nSPS) is 12.3. The first-order chi connectivity index (χ1) is 11.0. The molecule has 1 heterocycles. The van der Waals surface area contributed by atoms with Crippen LogP contribution in [0, 0.1) is 6.92 Å². The fraction of sp³-hybridized carbons (Fsp3) is 0.471. The highest BCUT2D eigenvalue weighted by molar-refractivity contribution is 5.68. The van der Waals surface area contributed by atoms with E-state index >= 15 is 0 Å². The number of carboxylic acid groups (broad SMARTS) is 1. The van der Waals surface area contributed by atoms with Crippen molar-refractivity contribution in [1.82, 2.24) is 15.0 Å². The summed E-state index contributed by atoms with van der Waals surface area (Å²) in [5.74, 6) is -0.927. The number of aryl methyl sites for hydroxylation is 3. The number of aliphatic carboxylic acids is 1. The van der Waals surface area contributed by atoms with Crippen molar-refractivity contribution >= 4 is 5.97 Å². The zero-order chi connectivity index (χ0) is 16.8. The molecule has 1 aromatic carbocycles. The molecule has 2 aromatic rings. The summed E-state index contributed by atoms with van der Waals surface area (Å²) in [6.07, 6.45) is 3.32. The molecule has 0 spiro atoms. The number of benzene rings is 1. The molecule has 6 heteroatoms. The number of hydrogen-bond acceptors (Lipinski definition) is 4. The van der Waals surface area contributed by atoms with Gasteiger partial charge in [0.05, 0.1) is 18.7 Å². The maximum Gasteiger partial charge on any atom is 0.303 e. The Morgan fingerprint density at radius 2 is 2.17 bits per heavy atom. The highest BCUT2D eigenvalue weighted by Gasteiger charge is 2.17. The zero-order valence-electron chi connectivity index (χ0n) is 13.6. The first-order valence-corrected chi connectivity index (χ1v) is 7.84. The summed E-state index contributed by atoms with van der Waals surface area (Å²) in [6.45, 7) is 4.66. The Bertz CT molecular complexity index is 667. The molecule has 2 N–H and O–H groups in total. The largest absolute Gasteiger partial charge is 0.481 e. The third-order valence-corrected chi connectivity index (χ3v) is 4.09. The minimum atomic E-state index is -0.821. The van der Waals surface area contributed by atoms with Crippen LogP contribution >= 0.6 is 0 Å². The van der Waals surface area contributed by atoms with Crippen LogP contribution in [0.4, 0.5) is 0 Å². The van der Waals surface area contributed by atoms with E-state index in [1.165, 1.54) is 0 Å². The average molecular weight is 317 g/mol. The van der Waals surface area contributed by atoms with Gasteiger partial charge in [-0.2, -0.15) is 0 Å². The van der Waals surface area contributed by atoms with E-state index in [2.05, 4.69) is 10.3 Å². The smallest absolute Gasteiger partial charge is 0.303 e. The summed E-state index contributed by atoms with van der Waals surface area (Å²) >= 11 is 0. The van der Waals surface area contributed by atoms with Gasteiger partial charge in [-0.05, 0) is 49.3 Å². The fourth-order valence-corrected chi connectivity index (χ4v) is 2.64. The minimum absolute atomic E-state index is 0.0374. The Morgan fingerprint density at radius 3 is 2.78 bits per heavy atom. The van der Waals surface area contributed by atoms with Gasteiger partial charge in [-0.25, -0.2) is 0 Å². The highest BCUT2D eigenvalue weighted by Crippen LogP contribution is 2.27. The van der Waals surface area contributed by atoms with E-state index in [4.69, 9.17) is 0 Å². The van der Waals surface area contributed by atoms with Gasteiger partial charge in [0.2, 0.25) is 0 Å². The lowest BCUT2D eigenvalue weighted by molar-refractivity contribution is -0.137. The Morgan fingerprint density at radius 1 is 1.39 bits per heavy atom. The number of carbonyl (C=O) groups is 1. The first kappa shape index (κ1) is 17.1. The molecule has 0 aliphatic heterocycles. The number of rotatable bonds is 8. The molecule has 0 radical (unpaired) electrons. The number of nitrogens with zero attached hydrogens (tertiary/aromatic N) is 3. The Kier molecular flexibility index (Phi) is 5.87. The van der Waals surface area contributed by atoms with Crippen LogP contribution in [0.3, 0.4) is 0 Å². The van der Waals surface area contributed by atoms with E-state index in [1.807, 2.05) is 38.2 Å². The predicted octanol–water partition coefficient (Wildman–Crippen LogP) is 2.29. The van der Waals surface area contributed by atoms with Gasteiger partial charge < -0.3 is 10.2 Å². The molecule has 6 nitrogen and oxygen atoms in total. The lowest BCUT2D eigenvalue weighted by atomic mass is 9.89. The summed E-state index contributed by atoms with van der Waals surface area (Å²) in [5, 5.41) is 26.7. The topological polar surface area (TPSA) is 88.2 Å². The summed E-state index contributed by atoms with van der Waals surface area (Å²) in [7, 11) is 0. The van der Waals surface area contributed by atoms with Crippen LogP contribution in [0.1, 0.15) is 48.1 Å². The van der Waals surface area contributed by atoms with Gasteiger partial charge in [0, 0.05) is 12.7 Å². The van der Waals surface area contributed by atoms with Gasteiger partial charge in [-0.1, -0.05) is 23.4 Å². The average Bonchev–Trinajstić information content (AvgIpc) is 2.99. The van der Waals surface area contributed by atoms with Gasteiger partial charge >= 0.3 is 5.97 Å². The number of hydrogen-bond donors (Lipinski definition) is 2. The summed E-state index contributed by atoms with van der Waals surface area (Å²) in [4.78, 5) is 11.2. The zero-order valence-corrected chi connectivity index (χ0v) is 13.6. The maximum absolute atomic E-state index is 11.2. The van der Waals surface area contributed by atoms with E-state index in [1.54, 1.807) is 4.68 Å². The van der Waals surface area contributed by atoms with Crippen molar-refractivity contribution in [2.45, 2.75) is 52.2 Å². The van der Waals surface area contributed by atoms with E-state index < -0.39 is 5.97 Å². The summed E-state index contributed by atoms with van der Waals surface area (Å²) in [5.41, 5.74) is 3.67. The lowest BCUT2D eigenvalue weighted by Gasteiger charge is -2.16. The van der Waals surface area contributed by atoms with E-state index in [0.29, 0.717) is 12.8 Å². The van der Waals surface area contributed by atoms with Crippen molar-refractivity contribution < 1.29 is 15.0 Å². The van der Waals surface area contributed by atoms with Crippen molar-refractivity contribution in [1.29, 1.82) is 0 Å². The Balaban J connectivity index is 2.14. The van der Waals surface area contributed by atoms with Crippen LogP contribution in [0.15, 0.2) is 24.4 Å². The van der Waals surface area contributed by atoms with Crippen LogP contribution in [0.25, 0.3) is 0 Å². The molecule has 0 aliphatic rings. The second-order valence-corrected chi connectivity index (χ2v) is 5.74. The molecular formula is C17H23N3O3. The van der Waals surface area contributed by atoms with E-state index in [-0.39, 0.29) is 18.9 Å². The second-order valence-electron chi connectivity index (χ2n) is 5.74. The number of carboxylic acids is 1. The van der Waals surface area contributed by atoms with Crippen LogP contribution in [-0.2, 0) is 24.4 Å². The van der Waals surface area contributed by atoms with Crippen LogP contribution in [0.5, 0.6) is 0 Å². The maximum atomic E-state index is 11.2. The fourth-order valence-electron chi connectivity index (χ4n) is 2.64. The molecule has 1 aromatic heterocycles. The Labute approximate surface area is 135 Å². The van der Waals surface area contributed by atoms with Crippen molar-refractivity contribution in [2.75, 3.05) is 0 Å². The van der Waals surface area contributed by atoms with Gasteiger partial charge in [0.25, 0.3) is 0 Å². The SMILES string of the molecule is CCn1cc(CCC(CC(=O)O)c2ccc(C)c(CO)c2)nn1. The molecule has 0 saturated heterocycles. The Hall–Kier alpha value is -2.21. The standard InChI is InChI=1S/C17H23N3O3/c1-3-20-10-16(18-19-20)7-6-14(9-17(22)23)13-5-4-12(2)15(8-13)11-21/h4-5,8,10,14,21H,3,6-7,9,11H2,1-2H3,(H,22,23). The predicted molar refractivity (Wildman–Crippen MR) is 86.1 cm³/mol. The molecule has 0 fully saturated rings. The third-order valence-electron chi connectivity index (χ3n) is 4.09. The van der Waals surface area contributed by atoms with Crippen molar-refractivity contribution in [3.05, 3.63) is 46.8 Å². The van der Waals surface area contributed by atoms with Crippen LogP contribution < -0.4 is 0 Å². The van der Waals surface area contributed by atoms with Crippen molar-refractivity contribution in [3.8, 4) is 0 Å². The number of aromatic nitrogens is 3. The van der Waals surface area contributed by atoms with E-state index in [9.17, 15) is 15.0 Å². The molecule has 23 heavy (non-hydrogen) atoms. The monoisotopic (exact) mass is 317 g/mol. The summed E-state index contributed by atoms with van der Waals surface area (Å²) < 4.78 is 1.76. The number of aliphatic hydroxyl groups is 1. The molecule has 0 bridgehead atoms. The third kappa shape index (κ3) is 4.63.